The molecule has 2 saturated heterocycles. The minimum absolute atomic E-state index is 0. The van der Waals surface area contributed by atoms with Crippen LogP contribution in [0.25, 0.3) is 10.8 Å². The average Bonchev–Trinajstić information content (AvgIpc) is 2.76. The largest absolute Gasteiger partial charge is 0.356 e. The van der Waals surface area contributed by atoms with E-state index in [1.165, 1.54) is 42.3 Å². The van der Waals surface area contributed by atoms with Crippen molar-refractivity contribution < 1.29 is 0 Å². The Morgan fingerprint density at radius 3 is 2.57 bits per heavy atom. The van der Waals surface area contributed by atoms with Gasteiger partial charge in [0, 0.05) is 52.9 Å². The molecule has 0 bridgehead atoms. The Hall–Kier alpha value is -1.38. The third-order valence-electron chi connectivity index (χ3n) is 6.43. The lowest BCUT2D eigenvalue weighted by Gasteiger charge is -2.37. The fourth-order valence-electron chi connectivity index (χ4n) is 4.80. The molecule has 2 aromatic rings. The number of hydrogen-bond donors (Lipinski definition) is 1. The number of nitrogens with one attached hydrogen (secondary N) is 1. The van der Waals surface area contributed by atoms with Gasteiger partial charge in [-0.1, -0.05) is 42.5 Å². The topological polar surface area (TPSA) is 34.1 Å². The Balaban J connectivity index is 0.00000256. The van der Waals surface area contributed by atoms with Crippen LogP contribution in [0.2, 0.25) is 0 Å². The minimum Gasteiger partial charge on any atom is -0.356 e. The molecule has 2 aliphatic rings. The molecule has 0 radical (unpaired) electrons. The third kappa shape index (κ3) is 5.86. The van der Waals surface area contributed by atoms with Gasteiger partial charge in [-0.3, -0.25) is 9.89 Å². The van der Waals surface area contributed by atoms with Crippen LogP contribution in [0.3, 0.4) is 0 Å². The number of likely N-dealkylation sites (tertiary alicyclic amines) is 1. The molecule has 164 valence electrons. The number of fused-ring (bicyclic) bond motifs is 1. The number of piperidine rings is 1. The van der Waals surface area contributed by atoms with Gasteiger partial charge in [0.25, 0.3) is 0 Å². The van der Waals surface area contributed by atoms with Gasteiger partial charge in [-0.2, -0.15) is 0 Å². The zero-order valence-electron chi connectivity index (χ0n) is 18.4. The summed E-state index contributed by atoms with van der Waals surface area (Å²) in [5.74, 6) is 1.81. The van der Waals surface area contributed by atoms with E-state index in [9.17, 15) is 0 Å². The SMILES string of the molecule is CN=C(NCC1CCCN(C)C1)N1CCN(Cc2cccc3ccccc23)CC1.I. The molecule has 0 amide bonds. The summed E-state index contributed by atoms with van der Waals surface area (Å²) in [6.45, 7) is 8.73. The molecule has 1 atom stereocenters. The Kier molecular flexibility index (Phi) is 8.77. The van der Waals surface area contributed by atoms with Gasteiger partial charge in [-0.25, -0.2) is 0 Å². The summed E-state index contributed by atoms with van der Waals surface area (Å²) in [6.07, 6.45) is 2.64. The van der Waals surface area contributed by atoms with Crippen LogP contribution in [0, 0.1) is 5.92 Å². The first-order valence-corrected chi connectivity index (χ1v) is 11.1. The van der Waals surface area contributed by atoms with Crippen LogP contribution < -0.4 is 5.32 Å². The molecular weight excluding hydrogens is 485 g/mol. The zero-order valence-corrected chi connectivity index (χ0v) is 20.7. The molecule has 0 aliphatic carbocycles. The molecular formula is C24H36IN5. The van der Waals surface area contributed by atoms with Crippen molar-refractivity contribution in [1.82, 2.24) is 20.0 Å². The molecule has 2 aromatic carbocycles. The van der Waals surface area contributed by atoms with E-state index in [4.69, 9.17) is 0 Å². The van der Waals surface area contributed by atoms with Crippen LogP contribution in [0.4, 0.5) is 0 Å². The first kappa shape index (κ1) is 23.3. The molecule has 0 spiro atoms. The second kappa shape index (κ2) is 11.3. The van der Waals surface area contributed by atoms with Gasteiger partial charge < -0.3 is 15.1 Å². The molecule has 2 aliphatic heterocycles. The maximum atomic E-state index is 4.56. The van der Waals surface area contributed by atoms with Crippen LogP contribution in [0.1, 0.15) is 18.4 Å². The highest BCUT2D eigenvalue weighted by Crippen LogP contribution is 2.20. The summed E-state index contributed by atoms with van der Waals surface area (Å²) in [6, 6.07) is 15.4. The first-order valence-electron chi connectivity index (χ1n) is 11.1. The van der Waals surface area contributed by atoms with E-state index in [1.54, 1.807) is 0 Å². The van der Waals surface area contributed by atoms with E-state index >= 15 is 0 Å². The molecule has 0 saturated carbocycles. The molecule has 2 heterocycles. The minimum atomic E-state index is 0. The van der Waals surface area contributed by atoms with Crippen molar-refractivity contribution in [2.45, 2.75) is 19.4 Å². The van der Waals surface area contributed by atoms with Crippen molar-refractivity contribution in [3.8, 4) is 0 Å². The van der Waals surface area contributed by atoms with Crippen LogP contribution in [0.5, 0.6) is 0 Å². The standard InChI is InChI=1S/C24H35N5.HI/c1-25-24(26-17-20-7-6-12-27(2)18-20)29-15-13-28(14-16-29)19-22-10-5-9-21-8-3-4-11-23(21)22;/h3-5,8-11,20H,6-7,12-19H2,1-2H3,(H,25,26);1H. The summed E-state index contributed by atoms with van der Waals surface area (Å²) < 4.78 is 0. The van der Waals surface area contributed by atoms with Crippen molar-refractivity contribution in [3.05, 3.63) is 48.0 Å². The number of guanidine groups is 1. The van der Waals surface area contributed by atoms with Gasteiger partial charge >= 0.3 is 0 Å². The fourth-order valence-corrected chi connectivity index (χ4v) is 4.80. The lowest BCUT2D eigenvalue weighted by molar-refractivity contribution is 0.171. The lowest BCUT2D eigenvalue weighted by atomic mass is 9.98. The van der Waals surface area contributed by atoms with Gasteiger partial charge in [0.2, 0.25) is 0 Å². The summed E-state index contributed by atoms with van der Waals surface area (Å²) in [5, 5.41) is 6.37. The lowest BCUT2D eigenvalue weighted by Crippen LogP contribution is -2.53. The van der Waals surface area contributed by atoms with E-state index in [0.717, 1.165) is 51.1 Å². The highest BCUT2D eigenvalue weighted by molar-refractivity contribution is 14.0. The highest BCUT2D eigenvalue weighted by Gasteiger charge is 2.22. The Labute approximate surface area is 198 Å². The van der Waals surface area contributed by atoms with Gasteiger partial charge in [-0.05, 0) is 48.7 Å². The third-order valence-corrected chi connectivity index (χ3v) is 6.43. The molecule has 1 N–H and O–H groups in total. The van der Waals surface area contributed by atoms with Crippen LogP contribution in [0.15, 0.2) is 47.5 Å². The predicted octanol–water partition coefficient (Wildman–Crippen LogP) is 3.49. The van der Waals surface area contributed by atoms with Crippen LogP contribution in [-0.2, 0) is 6.54 Å². The number of nitrogens with zero attached hydrogens (tertiary/aromatic N) is 4. The van der Waals surface area contributed by atoms with Crippen molar-refractivity contribution >= 4 is 40.7 Å². The van der Waals surface area contributed by atoms with Crippen molar-refractivity contribution in [2.75, 3.05) is 59.9 Å². The van der Waals surface area contributed by atoms with E-state index in [1.807, 2.05) is 7.05 Å². The maximum Gasteiger partial charge on any atom is 0.193 e. The zero-order chi connectivity index (χ0) is 20.1. The molecule has 2 fully saturated rings. The molecule has 5 nitrogen and oxygen atoms in total. The van der Waals surface area contributed by atoms with E-state index in [-0.39, 0.29) is 24.0 Å². The average molecular weight is 521 g/mol. The first-order chi connectivity index (χ1) is 14.2. The van der Waals surface area contributed by atoms with E-state index in [0.29, 0.717) is 0 Å². The number of hydrogen-bond acceptors (Lipinski definition) is 3. The predicted molar refractivity (Wildman–Crippen MR) is 138 cm³/mol. The summed E-state index contributed by atoms with van der Waals surface area (Å²) in [4.78, 5) is 12.0. The Bertz CT molecular complexity index is 826. The number of rotatable bonds is 4. The summed E-state index contributed by atoms with van der Waals surface area (Å²) >= 11 is 0. The molecule has 0 aromatic heterocycles. The number of piperazine rings is 1. The fraction of sp³-hybridized carbons (Fsp3) is 0.542. The second-order valence-electron chi connectivity index (χ2n) is 8.60. The van der Waals surface area contributed by atoms with Crippen molar-refractivity contribution in [3.63, 3.8) is 0 Å². The number of benzene rings is 2. The van der Waals surface area contributed by atoms with E-state index in [2.05, 4.69) is 74.5 Å². The number of aliphatic imine (C=N–C) groups is 1. The van der Waals surface area contributed by atoms with Gasteiger partial charge in [-0.15, -0.1) is 24.0 Å². The summed E-state index contributed by atoms with van der Waals surface area (Å²) in [5.41, 5.74) is 1.43. The quantitative estimate of drug-likeness (QED) is 0.380. The monoisotopic (exact) mass is 521 g/mol. The Morgan fingerprint density at radius 1 is 1.03 bits per heavy atom. The Morgan fingerprint density at radius 2 is 1.80 bits per heavy atom. The molecule has 1 unspecified atom stereocenters. The normalized spacial score (nSPS) is 21.5. The van der Waals surface area contributed by atoms with Crippen molar-refractivity contribution in [2.24, 2.45) is 10.9 Å². The van der Waals surface area contributed by atoms with Gasteiger partial charge in [0.15, 0.2) is 5.96 Å². The second-order valence-corrected chi connectivity index (χ2v) is 8.60. The van der Waals surface area contributed by atoms with Gasteiger partial charge in [0.1, 0.15) is 0 Å². The highest BCUT2D eigenvalue weighted by atomic mass is 127. The molecule has 4 rings (SSSR count). The smallest absolute Gasteiger partial charge is 0.193 e. The van der Waals surface area contributed by atoms with Crippen LogP contribution in [-0.4, -0.2) is 80.6 Å². The molecule has 30 heavy (non-hydrogen) atoms. The summed E-state index contributed by atoms with van der Waals surface area (Å²) in [7, 11) is 4.15. The maximum absolute atomic E-state index is 4.56. The van der Waals surface area contributed by atoms with Crippen molar-refractivity contribution in [1.29, 1.82) is 0 Å². The number of halogens is 1. The van der Waals surface area contributed by atoms with E-state index < -0.39 is 0 Å². The van der Waals surface area contributed by atoms with Crippen LogP contribution >= 0.6 is 24.0 Å². The molecule has 6 heteroatoms. The van der Waals surface area contributed by atoms with Gasteiger partial charge in [0.05, 0.1) is 0 Å².